The van der Waals surface area contributed by atoms with Crippen LogP contribution >= 0.6 is 11.3 Å². The molecule has 1 aliphatic carbocycles. The van der Waals surface area contributed by atoms with Gasteiger partial charge in [-0.3, -0.25) is 9.59 Å². The van der Waals surface area contributed by atoms with E-state index >= 15 is 0 Å². The van der Waals surface area contributed by atoms with Crippen LogP contribution in [0, 0.1) is 0 Å². The zero-order valence-electron chi connectivity index (χ0n) is 15.3. The summed E-state index contributed by atoms with van der Waals surface area (Å²) < 4.78 is 6.79. The normalized spacial score (nSPS) is 13.4. The summed E-state index contributed by atoms with van der Waals surface area (Å²) in [6.07, 6.45) is 2.05. The molecule has 0 unspecified atom stereocenters. The Morgan fingerprint density at radius 1 is 1.00 bits per heavy atom. The van der Waals surface area contributed by atoms with E-state index < -0.39 is 0 Å². The maximum absolute atomic E-state index is 12.6. The van der Waals surface area contributed by atoms with E-state index in [9.17, 15) is 9.59 Å². The summed E-state index contributed by atoms with van der Waals surface area (Å²) in [6.45, 7) is 0. The van der Waals surface area contributed by atoms with Gasteiger partial charge in [-0.1, -0.05) is 18.2 Å². The zero-order chi connectivity index (χ0) is 19.8. The van der Waals surface area contributed by atoms with Gasteiger partial charge >= 0.3 is 0 Å². The largest absolute Gasteiger partial charge is 0.448 e. The lowest BCUT2D eigenvalue weighted by molar-refractivity contribution is 0.0949. The van der Waals surface area contributed by atoms with E-state index in [1.807, 2.05) is 24.3 Å². The van der Waals surface area contributed by atoms with E-state index in [1.54, 1.807) is 36.4 Å². The molecule has 0 bridgehead atoms. The van der Waals surface area contributed by atoms with Gasteiger partial charge in [0.25, 0.3) is 11.8 Å². The molecule has 4 aromatic rings. The molecule has 6 nitrogen and oxygen atoms in total. The van der Waals surface area contributed by atoms with Gasteiger partial charge in [-0.15, -0.1) is 11.3 Å². The fraction of sp³-hybridized carbons (Fsp3) is 0.136. The maximum Gasteiger partial charge on any atom is 0.291 e. The molecule has 1 fully saturated rings. The number of benzene rings is 2. The first-order chi connectivity index (χ1) is 14.2. The Labute approximate surface area is 170 Å². The highest BCUT2D eigenvalue weighted by Crippen LogP contribution is 2.31. The third-order valence-electron chi connectivity index (χ3n) is 4.63. The summed E-state index contributed by atoms with van der Waals surface area (Å²) in [5.74, 6) is 0.234. The molecule has 2 heterocycles. The summed E-state index contributed by atoms with van der Waals surface area (Å²) in [6, 6.07) is 18.4. The maximum atomic E-state index is 12.6. The highest BCUT2D eigenvalue weighted by Gasteiger charge is 2.24. The third kappa shape index (κ3) is 3.77. The topological polar surface area (TPSA) is 84.2 Å². The number of para-hydroxylation sites is 1. The molecule has 2 aromatic heterocycles. The van der Waals surface area contributed by atoms with Crippen molar-refractivity contribution < 1.29 is 14.0 Å². The number of nitrogens with one attached hydrogen (secondary N) is 2. The molecule has 7 heteroatoms. The number of carbonyl (C=O) groups excluding carboxylic acids is 2. The second kappa shape index (κ2) is 7.18. The van der Waals surface area contributed by atoms with E-state index in [2.05, 4.69) is 15.6 Å². The van der Waals surface area contributed by atoms with Crippen LogP contribution in [0.1, 0.15) is 33.8 Å². The van der Waals surface area contributed by atoms with Crippen LogP contribution in [0.4, 0.5) is 5.69 Å². The Balaban J connectivity index is 1.32. The predicted octanol–water partition coefficient (Wildman–Crippen LogP) is 4.70. The van der Waals surface area contributed by atoms with Crippen LogP contribution in [0.2, 0.25) is 0 Å². The van der Waals surface area contributed by atoms with Crippen molar-refractivity contribution in [1.29, 1.82) is 0 Å². The third-order valence-corrected chi connectivity index (χ3v) is 5.68. The minimum absolute atomic E-state index is 0.125. The number of anilines is 1. The SMILES string of the molecule is O=C(NC1CC1)c1cccc(NC(=O)c2ccc(-c3nc4ccccc4s3)o2)c1. The van der Waals surface area contributed by atoms with Gasteiger partial charge in [-0.2, -0.15) is 0 Å². The minimum Gasteiger partial charge on any atom is -0.448 e. The first-order valence-electron chi connectivity index (χ1n) is 9.34. The molecular weight excluding hydrogens is 386 g/mol. The number of carbonyl (C=O) groups is 2. The number of thiazole rings is 1. The van der Waals surface area contributed by atoms with E-state index in [-0.39, 0.29) is 23.6 Å². The number of furan rings is 1. The van der Waals surface area contributed by atoms with Gasteiger partial charge in [0.15, 0.2) is 16.5 Å². The van der Waals surface area contributed by atoms with Crippen molar-refractivity contribution in [2.75, 3.05) is 5.32 Å². The highest BCUT2D eigenvalue weighted by atomic mass is 32.1. The summed E-state index contributed by atoms with van der Waals surface area (Å²) in [7, 11) is 0. The molecule has 2 N–H and O–H groups in total. The lowest BCUT2D eigenvalue weighted by Crippen LogP contribution is -2.25. The first kappa shape index (κ1) is 17.6. The van der Waals surface area contributed by atoms with E-state index in [1.165, 1.54) is 11.3 Å². The lowest BCUT2D eigenvalue weighted by Gasteiger charge is -2.07. The highest BCUT2D eigenvalue weighted by molar-refractivity contribution is 7.21. The van der Waals surface area contributed by atoms with Crippen LogP contribution in [0.5, 0.6) is 0 Å². The Bertz CT molecular complexity index is 1190. The number of amides is 2. The van der Waals surface area contributed by atoms with Gasteiger partial charge in [-0.25, -0.2) is 4.98 Å². The average molecular weight is 403 g/mol. The second-order valence-electron chi connectivity index (χ2n) is 6.93. The number of hydrogen-bond donors (Lipinski definition) is 2. The van der Waals surface area contributed by atoms with Crippen LogP contribution < -0.4 is 10.6 Å². The van der Waals surface area contributed by atoms with Crippen molar-refractivity contribution in [3.8, 4) is 10.8 Å². The van der Waals surface area contributed by atoms with Crippen LogP contribution in [0.25, 0.3) is 21.0 Å². The monoisotopic (exact) mass is 403 g/mol. The Morgan fingerprint density at radius 3 is 2.69 bits per heavy atom. The van der Waals surface area contributed by atoms with Crippen molar-refractivity contribution in [3.05, 3.63) is 72.0 Å². The number of fused-ring (bicyclic) bond motifs is 1. The molecule has 29 heavy (non-hydrogen) atoms. The van der Waals surface area contributed by atoms with Crippen LogP contribution in [0.3, 0.4) is 0 Å². The van der Waals surface area contributed by atoms with Crippen molar-refractivity contribution >= 4 is 39.1 Å². The van der Waals surface area contributed by atoms with Crippen LogP contribution in [0.15, 0.2) is 65.1 Å². The number of aromatic nitrogens is 1. The van der Waals surface area contributed by atoms with Crippen molar-refractivity contribution in [1.82, 2.24) is 10.3 Å². The fourth-order valence-electron chi connectivity index (χ4n) is 2.98. The van der Waals surface area contributed by atoms with Crippen molar-refractivity contribution in [2.45, 2.75) is 18.9 Å². The molecule has 1 aliphatic rings. The predicted molar refractivity (Wildman–Crippen MR) is 112 cm³/mol. The minimum atomic E-state index is -0.378. The molecule has 0 radical (unpaired) electrons. The summed E-state index contributed by atoms with van der Waals surface area (Å²) in [5.41, 5.74) is 1.96. The molecule has 0 aliphatic heterocycles. The van der Waals surface area contributed by atoms with E-state index in [0.29, 0.717) is 17.0 Å². The quantitative estimate of drug-likeness (QED) is 0.506. The first-order valence-corrected chi connectivity index (χ1v) is 10.2. The standard InChI is InChI=1S/C22H17N3O3S/c26-20(23-14-8-9-14)13-4-3-5-15(12-13)24-21(27)17-10-11-18(28-17)22-25-16-6-1-2-7-19(16)29-22/h1-7,10-12,14H,8-9H2,(H,23,26)(H,24,27). The lowest BCUT2D eigenvalue weighted by atomic mass is 10.2. The van der Waals surface area contributed by atoms with E-state index in [0.717, 1.165) is 28.1 Å². The van der Waals surface area contributed by atoms with Crippen LogP contribution in [-0.2, 0) is 0 Å². The van der Waals surface area contributed by atoms with Gasteiger partial charge in [0.1, 0.15) is 0 Å². The molecule has 2 aromatic carbocycles. The molecular formula is C22H17N3O3S. The fourth-order valence-corrected chi connectivity index (χ4v) is 3.91. The molecule has 2 amide bonds. The summed E-state index contributed by atoms with van der Waals surface area (Å²) >= 11 is 1.51. The average Bonchev–Trinajstić information content (AvgIpc) is 3.24. The van der Waals surface area contributed by atoms with Crippen LogP contribution in [-0.4, -0.2) is 22.8 Å². The number of hydrogen-bond acceptors (Lipinski definition) is 5. The van der Waals surface area contributed by atoms with E-state index in [4.69, 9.17) is 4.42 Å². The molecule has 1 saturated carbocycles. The molecule has 0 saturated heterocycles. The molecule has 5 rings (SSSR count). The molecule has 144 valence electrons. The van der Waals surface area contributed by atoms with Gasteiger partial charge in [-0.05, 0) is 55.3 Å². The smallest absolute Gasteiger partial charge is 0.291 e. The summed E-state index contributed by atoms with van der Waals surface area (Å²) in [5, 5.41) is 6.45. The van der Waals surface area contributed by atoms with Crippen molar-refractivity contribution in [2.24, 2.45) is 0 Å². The van der Waals surface area contributed by atoms with Gasteiger partial charge < -0.3 is 15.1 Å². The number of rotatable bonds is 5. The molecule has 0 atom stereocenters. The summed E-state index contributed by atoms with van der Waals surface area (Å²) in [4.78, 5) is 29.3. The van der Waals surface area contributed by atoms with Gasteiger partial charge in [0.2, 0.25) is 0 Å². The zero-order valence-corrected chi connectivity index (χ0v) is 16.2. The van der Waals surface area contributed by atoms with Crippen molar-refractivity contribution in [3.63, 3.8) is 0 Å². The molecule has 0 spiro atoms. The van der Waals surface area contributed by atoms with Gasteiger partial charge in [0, 0.05) is 17.3 Å². The second-order valence-corrected chi connectivity index (χ2v) is 7.96. The Hall–Kier alpha value is -3.45. The Kier molecular flexibility index (Phi) is 4.37. The number of nitrogens with zero attached hydrogens (tertiary/aromatic N) is 1. The Morgan fingerprint density at radius 2 is 1.86 bits per heavy atom. The van der Waals surface area contributed by atoms with Gasteiger partial charge in [0.05, 0.1) is 10.2 Å².